The summed E-state index contributed by atoms with van der Waals surface area (Å²) in [4.78, 5) is 4.85. The third-order valence-electron chi connectivity index (χ3n) is 7.78. The van der Waals surface area contributed by atoms with Gasteiger partial charge in [0.05, 0.1) is 7.11 Å². The molecule has 182 valence electrons. The van der Waals surface area contributed by atoms with Crippen molar-refractivity contribution in [1.82, 2.24) is 4.90 Å². The number of rotatable bonds is 6. The molecule has 0 amide bonds. The van der Waals surface area contributed by atoms with Crippen molar-refractivity contribution in [3.63, 3.8) is 0 Å². The quantitative estimate of drug-likeness (QED) is 0.351. The smallest absolute Gasteiger partial charge is 0.166 e. The Hall–Kier alpha value is -3.76. The number of phenols is 1. The fourth-order valence-electron chi connectivity index (χ4n) is 5.89. The van der Waals surface area contributed by atoms with Crippen LogP contribution in [0.15, 0.2) is 84.9 Å². The minimum Gasteiger partial charge on any atom is -0.504 e. The molecule has 0 bridgehead atoms. The lowest BCUT2D eigenvalue weighted by molar-refractivity contribution is 0.227. The molecule has 36 heavy (non-hydrogen) atoms. The number of phenolic OH excluding ortho intramolecular Hbond substituents is 1. The lowest BCUT2D eigenvalue weighted by atomic mass is 9.76. The monoisotopic (exact) mass is 476 g/mol. The van der Waals surface area contributed by atoms with Crippen molar-refractivity contribution in [2.45, 2.75) is 32.0 Å². The van der Waals surface area contributed by atoms with E-state index in [-0.39, 0.29) is 11.8 Å². The van der Waals surface area contributed by atoms with Gasteiger partial charge in [-0.1, -0.05) is 66.7 Å². The van der Waals surface area contributed by atoms with E-state index < -0.39 is 0 Å². The number of likely N-dealkylation sites (N-methyl/N-ethyl adjacent to an activating group) is 1. The van der Waals surface area contributed by atoms with Gasteiger partial charge in [0.1, 0.15) is 0 Å². The number of hydrogen-bond acceptors (Lipinski definition) is 4. The van der Waals surface area contributed by atoms with Crippen LogP contribution in [0.3, 0.4) is 0 Å². The van der Waals surface area contributed by atoms with Crippen LogP contribution in [0.25, 0.3) is 11.1 Å². The molecule has 0 radical (unpaired) electrons. The molecule has 6 rings (SSSR count). The molecular weight excluding hydrogens is 444 g/mol. The van der Waals surface area contributed by atoms with E-state index in [4.69, 9.17) is 4.74 Å². The molecule has 2 aliphatic rings. The van der Waals surface area contributed by atoms with E-state index in [2.05, 4.69) is 95.7 Å². The van der Waals surface area contributed by atoms with Crippen LogP contribution in [0.5, 0.6) is 11.5 Å². The van der Waals surface area contributed by atoms with Gasteiger partial charge in [-0.25, -0.2) is 0 Å². The molecule has 4 nitrogen and oxygen atoms in total. The Labute approximate surface area is 213 Å². The Morgan fingerprint density at radius 2 is 1.56 bits per heavy atom. The van der Waals surface area contributed by atoms with Gasteiger partial charge < -0.3 is 14.7 Å². The van der Waals surface area contributed by atoms with Gasteiger partial charge >= 0.3 is 0 Å². The molecular formula is C32H32N2O2. The second-order valence-electron chi connectivity index (χ2n) is 9.99. The molecule has 0 saturated heterocycles. The summed E-state index contributed by atoms with van der Waals surface area (Å²) < 4.78 is 5.62. The third kappa shape index (κ3) is 4.02. The van der Waals surface area contributed by atoms with Crippen LogP contribution in [0.2, 0.25) is 0 Å². The number of aromatic hydroxyl groups is 1. The fraction of sp³-hybridized carbons (Fsp3) is 0.250. The average molecular weight is 477 g/mol. The largest absolute Gasteiger partial charge is 0.504 e. The molecule has 4 aromatic carbocycles. The maximum atomic E-state index is 11.4. The lowest BCUT2D eigenvalue weighted by Crippen LogP contribution is -2.35. The van der Waals surface area contributed by atoms with Gasteiger partial charge in [0, 0.05) is 36.9 Å². The van der Waals surface area contributed by atoms with Crippen LogP contribution in [0.1, 0.15) is 33.9 Å². The predicted molar refractivity (Wildman–Crippen MR) is 146 cm³/mol. The number of hydrogen-bond donors (Lipinski definition) is 1. The average Bonchev–Trinajstić information content (AvgIpc) is 2.92. The molecule has 1 atom stereocenters. The summed E-state index contributed by atoms with van der Waals surface area (Å²) in [5.74, 6) is 0.822. The summed E-state index contributed by atoms with van der Waals surface area (Å²) in [7, 11) is 3.84. The van der Waals surface area contributed by atoms with Gasteiger partial charge in [-0.15, -0.1) is 0 Å². The Kier molecular flexibility index (Phi) is 5.90. The van der Waals surface area contributed by atoms with Gasteiger partial charge in [0.15, 0.2) is 11.5 Å². The Morgan fingerprint density at radius 1 is 0.889 bits per heavy atom. The van der Waals surface area contributed by atoms with Crippen LogP contribution in [-0.4, -0.2) is 30.7 Å². The molecule has 0 spiro atoms. The van der Waals surface area contributed by atoms with Crippen molar-refractivity contribution in [3.05, 3.63) is 113 Å². The summed E-state index contributed by atoms with van der Waals surface area (Å²) in [6.07, 6.45) is 1.92. The topological polar surface area (TPSA) is 35.9 Å². The Balaban J connectivity index is 1.47. The maximum absolute atomic E-state index is 11.4. The highest BCUT2D eigenvalue weighted by Crippen LogP contribution is 2.52. The van der Waals surface area contributed by atoms with Crippen molar-refractivity contribution in [1.29, 1.82) is 0 Å². The number of methoxy groups -OCH3 is 1. The second kappa shape index (κ2) is 9.36. The second-order valence-corrected chi connectivity index (χ2v) is 9.99. The first kappa shape index (κ1) is 22.7. The molecule has 0 unspecified atom stereocenters. The van der Waals surface area contributed by atoms with E-state index in [1.54, 1.807) is 7.11 Å². The van der Waals surface area contributed by atoms with Crippen LogP contribution < -0.4 is 9.64 Å². The Morgan fingerprint density at radius 3 is 2.19 bits per heavy atom. The van der Waals surface area contributed by atoms with Crippen LogP contribution in [0.4, 0.5) is 5.69 Å². The van der Waals surface area contributed by atoms with Gasteiger partial charge in [-0.3, -0.25) is 4.90 Å². The standard InChI is InChI=1S/C32H32N2O2/c1-33-16-15-25-18-29(36-2)32(35)31-27-19-26(14-13-24(27)17-28(33)30(25)31)34(20-22-9-5-3-6-10-22)21-23-11-7-4-8-12-23/h3-14,18-19,28,35H,15-17,20-21H2,1-2H3/t28-/m0/s1. The first-order chi connectivity index (χ1) is 17.6. The SMILES string of the molecule is COc1cc2c3c(c1O)-c1cc(N(Cc4ccccc4)Cc4ccccc4)ccc1C[C@@H]3N(C)CC2. The summed E-state index contributed by atoms with van der Waals surface area (Å²) in [5.41, 5.74) is 9.61. The van der Waals surface area contributed by atoms with Crippen molar-refractivity contribution in [3.8, 4) is 22.6 Å². The number of fused-ring (bicyclic) bond motifs is 2. The fourth-order valence-corrected chi connectivity index (χ4v) is 5.89. The Bertz CT molecular complexity index is 1340. The summed E-state index contributed by atoms with van der Waals surface area (Å²) in [5, 5.41) is 11.4. The van der Waals surface area contributed by atoms with Crippen molar-refractivity contribution in [2.75, 3.05) is 25.6 Å². The molecule has 1 aliphatic carbocycles. The van der Waals surface area contributed by atoms with Crippen molar-refractivity contribution < 1.29 is 9.84 Å². The minimum absolute atomic E-state index is 0.257. The molecule has 1 N–H and O–H groups in total. The van der Waals surface area contributed by atoms with Crippen LogP contribution in [0, 0.1) is 0 Å². The predicted octanol–water partition coefficient (Wildman–Crippen LogP) is 6.36. The van der Waals surface area contributed by atoms with E-state index in [1.807, 2.05) is 6.07 Å². The molecule has 0 aromatic heterocycles. The zero-order valence-corrected chi connectivity index (χ0v) is 20.9. The van der Waals surface area contributed by atoms with Crippen LogP contribution in [-0.2, 0) is 25.9 Å². The van der Waals surface area contributed by atoms with Gasteiger partial charge in [-0.2, -0.15) is 0 Å². The summed E-state index contributed by atoms with van der Waals surface area (Å²) >= 11 is 0. The highest BCUT2D eigenvalue weighted by Gasteiger charge is 2.36. The molecule has 0 saturated carbocycles. The number of benzene rings is 4. The first-order valence-electron chi connectivity index (χ1n) is 12.7. The zero-order chi connectivity index (χ0) is 24.6. The van der Waals surface area contributed by atoms with E-state index in [9.17, 15) is 5.11 Å². The number of ether oxygens (including phenoxy) is 1. The first-order valence-corrected chi connectivity index (χ1v) is 12.7. The number of nitrogens with zero attached hydrogens (tertiary/aromatic N) is 2. The van der Waals surface area contributed by atoms with E-state index in [0.29, 0.717) is 5.75 Å². The summed E-state index contributed by atoms with van der Waals surface area (Å²) in [6, 6.07) is 30.3. The molecule has 0 fully saturated rings. The van der Waals surface area contributed by atoms with Crippen molar-refractivity contribution in [2.24, 2.45) is 0 Å². The van der Waals surface area contributed by atoms with Crippen molar-refractivity contribution >= 4 is 5.69 Å². The molecule has 1 aliphatic heterocycles. The van der Waals surface area contributed by atoms with Crippen LogP contribution >= 0.6 is 0 Å². The van der Waals surface area contributed by atoms with E-state index in [0.717, 1.165) is 49.3 Å². The molecule has 4 heteroatoms. The lowest BCUT2D eigenvalue weighted by Gasteiger charge is -2.40. The van der Waals surface area contributed by atoms with Gasteiger partial charge in [0.25, 0.3) is 0 Å². The highest BCUT2D eigenvalue weighted by atomic mass is 16.5. The van der Waals surface area contributed by atoms with E-state index >= 15 is 0 Å². The minimum atomic E-state index is 0.257. The maximum Gasteiger partial charge on any atom is 0.166 e. The zero-order valence-electron chi connectivity index (χ0n) is 20.9. The van der Waals surface area contributed by atoms with Gasteiger partial charge in [0.2, 0.25) is 0 Å². The van der Waals surface area contributed by atoms with Gasteiger partial charge in [-0.05, 0) is 71.5 Å². The molecule has 4 aromatic rings. The summed E-state index contributed by atoms with van der Waals surface area (Å²) in [6.45, 7) is 2.63. The highest BCUT2D eigenvalue weighted by molar-refractivity contribution is 5.85. The van der Waals surface area contributed by atoms with E-state index in [1.165, 1.54) is 27.8 Å². The number of anilines is 1. The normalized spacial score (nSPS) is 16.2. The third-order valence-corrected chi connectivity index (χ3v) is 7.78. The molecule has 1 heterocycles.